The van der Waals surface area contributed by atoms with E-state index in [-0.39, 0.29) is 5.95 Å². The highest BCUT2D eigenvalue weighted by Crippen LogP contribution is 2.17. The van der Waals surface area contributed by atoms with Gasteiger partial charge in [-0.3, -0.25) is 0 Å². The van der Waals surface area contributed by atoms with Gasteiger partial charge in [-0.25, -0.2) is 15.0 Å². The molecule has 3 aromatic heterocycles. The highest BCUT2D eigenvalue weighted by Gasteiger charge is 2.09. The Kier molecular flexibility index (Phi) is 1.46. The van der Waals surface area contributed by atoms with E-state index in [0.717, 1.165) is 0 Å². The second-order valence-corrected chi connectivity index (χ2v) is 2.87. The predicted molar refractivity (Wildman–Crippen MR) is 50.7 cm³/mol. The molecule has 3 heterocycles. The van der Waals surface area contributed by atoms with E-state index >= 15 is 0 Å². The van der Waals surface area contributed by atoms with Crippen LogP contribution in [0.1, 0.15) is 0 Å². The maximum Gasteiger partial charge on any atom is 0.245 e. The molecule has 3 rings (SSSR count). The summed E-state index contributed by atoms with van der Waals surface area (Å²) < 4.78 is 6.55. The van der Waals surface area contributed by atoms with Crippen molar-refractivity contribution < 1.29 is 4.42 Å². The van der Waals surface area contributed by atoms with Gasteiger partial charge in [-0.1, -0.05) is 0 Å². The zero-order valence-corrected chi connectivity index (χ0v) is 7.53. The molecular weight excluding hydrogens is 196 g/mol. The summed E-state index contributed by atoms with van der Waals surface area (Å²) in [6.45, 7) is 0. The lowest BCUT2D eigenvalue weighted by Gasteiger charge is -1.99. The fourth-order valence-corrected chi connectivity index (χ4v) is 1.31. The van der Waals surface area contributed by atoms with E-state index < -0.39 is 0 Å². The Bertz CT molecular complexity index is 599. The normalized spacial score (nSPS) is 10.9. The fourth-order valence-electron chi connectivity index (χ4n) is 1.31. The van der Waals surface area contributed by atoms with Crippen LogP contribution in [0.15, 0.2) is 29.3 Å². The summed E-state index contributed by atoms with van der Waals surface area (Å²) in [5, 5.41) is 3.91. The number of fused-ring (bicyclic) bond motifs is 1. The Labute approximate surface area is 83.6 Å². The summed E-state index contributed by atoms with van der Waals surface area (Å²) in [5.41, 5.74) is 6.83. The Balaban J connectivity index is 2.29. The lowest BCUT2D eigenvalue weighted by Crippen LogP contribution is -2.02. The summed E-state index contributed by atoms with van der Waals surface area (Å²) in [7, 11) is 0. The molecule has 0 saturated carbocycles. The number of anilines is 1. The van der Waals surface area contributed by atoms with Crippen LogP contribution in [0.25, 0.3) is 17.2 Å². The van der Waals surface area contributed by atoms with Crippen LogP contribution in [-0.4, -0.2) is 24.6 Å². The first kappa shape index (κ1) is 7.92. The van der Waals surface area contributed by atoms with Crippen LogP contribution in [0.4, 0.5) is 5.95 Å². The van der Waals surface area contributed by atoms with E-state index in [2.05, 4.69) is 20.1 Å². The van der Waals surface area contributed by atoms with Crippen LogP contribution in [0.5, 0.6) is 0 Å². The van der Waals surface area contributed by atoms with Gasteiger partial charge < -0.3 is 10.2 Å². The molecule has 0 radical (unpaired) electrons. The average molecular weight is 202 g/mol. The molecule has 3 aromatic rings. The van der Waals surface area contributed by atoms with E-state index in [1.807, 2.05) is 0 Å². The van der Waals surface area contributed by atoms with Crippen molar-refractivity contribution >= 4 is 11.6 Å². The van der Waals surface area contributed by atoms with Crippen molar-refractivity contribution in [1.29, 1.82) is 0 Å². The summed E-state index contributed by atoms with van der Waals surface area (Å²) in [5.74, 6) is 0.658. The molecule has 0 spiro atoms. The van der Waals surface area contributed by atoms with Gasteiger partial charge >= 0.3 is 0 Å². The number of nitrogens with zero attached hydrogens (tertiary/aromatic N) is 5. The molecule has 0 aliphatic rings. The number of oxazole rings is 1. The smallest absolute Gasteiger partial charge is 0.245 e. The second-order valence-electron chi connectivity index (χ2n) is 2.87. The van der Waals surface area contributed by atoms with Crippen molar-refractivity contribution in [1.82, 2.24) is 24.6 Å². The van der Waals surface area contributed by atoms with Crippen LogP contribution in [-0.2, 0) is 0 Å². The number of hydrogen-bond donors (Lipinski definition) is 1. The Hall–Kier alpha value is -2.44. The molecule has 74 valence electrons. The molecule has 2 N–H and O–H groups in total. The fraction of sp³-hybridized carbons (Fsp3) is 0. The quantitative estimate of drug-likeness (QED) is 0.612. The van der Waals surface area contributed by atoms with E-state index in [9.17, 15) is 0 Å². The van der Waals surface area contributed by atoms with E-state index in [0.29, 0.717) is 17.2 Å². The first-order valence-electron chi connectivity index (χ1n) is 4.21. The third-order valence-corrected chi connectivity index (χ3v) is 1.94. The maximum absolute atomic E-state index is 5.69. The molecule has 0 atom stereocenters. The van der Waals surface area contributed by atoms with Gasteiger partial charge in [0.1, 0.15) is 18.3 Å². The minimum atomic E-state index is 0.248. The molecule has 0 aliphatic heterocycles. The van der Waals surface area contributed by atoms with Gasteiger partial charge in [0.25, 0.3) is 0 Å². The molecule has 0 aromatic carbocycles. The third-order valence-electron chi connectivity index (χ3n) is 1.94. The molecule has 0 amide bonds. The standard InChI is InChI=1S/C8H6N6O/c9-8-13-5(7-10-1-2-15-7)3-6-11-4-12-14(6)8/h1-4H,(H2,9,13). The third kappa shape index (κ3) is 1.13. The van der Waals surface area contributed by atoms with Gasteiger partial charge in [0.15, 0.2) is 5.65 Å². The molecule has 0 bridgehead atoms. The van der Waals surface area contributed by atoms with Gasteiger partial charge in [0.2, 0.25) is 11.8 Å². The van der Waals surface area contributed by atoms with E-state index in [1.165, 1.54) is 17.1 Å². The Morgan fingerprint density at radius 3 is 3.07 bits per heavy atom. The number of nitrogen functional groups attached to an aromatic ring is 1. The Morgan fingerprint density at radius 1 is 1.33 bits per heavy atom. The molecule has 7 heteroatoms. The van der Waals surface area contributed by atoms with E-state index in [1.54, 1.807) is 12.3 Å². The molecule has 0 aliphatic carbocycles. The topological polar surface area (TPSA) is 95.1 Å². The number of nitrogens with two attached hydrogens (primary N) is 1. The Morgan fingerprint density at radius 2 is 2.27 bits per heavy atom. The molecule has 7 nitrogen and oxygen atoms in total. The molecule has 15 heavy (non-hydrogen) atoms. The maximum atomic E-state index is 5.69. The largest absolute Gasteiger partial charge is 0.443 e. The zero-order valence-electron chi connectivity index (χ0n) is 7.53. The van der Waals surface area contributed by atoms with Crippen LogP contribution in [0.3, 0.4) is 0 Å². The van der Waals surface area contributed by atoms with Crippen molar-refractivity contribution in [2.24, 2.45) is 0 Å². The highest BCUT2D eigenvalue weighted by atomic mass is 16.3. The summed E-state index contributed by atoms with van der Waals surface area (Å²) in [4.78, 5) is 12.1. The van der Waals surface area contributed by atoms with Crippen LogP contribution in [0, 0.1) is 0 Å². The number of aromatic nitrogens is 5. The first-order valence-corrected chi connectivity index (χ1v) is 4.21. The first-order chi connectivity index (χ1) is 7.34. The summed E-state index contributed by atoms with van der Waals surface area (Å²) in [6.07, 6.45) is 4.43. The SMILES string of the molecule is Nc1nc(-c2ncco2)cc2ncnn12. The van der Waals surface area contributed by atoms with Gasteiger partial charge in [0, 0.05) is 6.07 Å². The zero-order chi connectivity index (χ0) is 10.3. The predicted octanol–water partition coefficient (Wildman–Crippen LogP) is 0.361. The second kappa shape index (κ2) is 2.77. The molecular formula is C8H6N6O. The van der Waals surface area contributed by atoms with E-state index in [4.69, 9.17) is 10.2 Å². The van der Waals surface area contributed by atoms with Gasteiger partial charge in [-0.2, -0.15) is 9.61 Å². The van der Waals surface area contributed by atoms with Crippen molar-refractivity contribution in [2.75, 3.05) is 5.73 Å². The highest BCUT2D eigenvalue weighted by molar-refractivity contribution is 5.57. The lowest BCUT2D eigenvalue weighted by molar-refractivity contribution is 0.572. The van der Waals surface area contributed by atoms with Crippen LogP contribution in [0.2, 0.25) is 0 Å². The summed E-state index contributed by atoms with van der Waals surface area (Å²) in [6, 6.07) is 1.70. The average Bonchev–Trinajstić information content (AvgIpc) is 2.88. The molecule has 0 unspecified atom stereocenters. The van der Waals surface area contributed by atoms with Crippen LogP contribution < -0.4 is 5.73 Å². The van der Waals surface area contributed by atoms with Crippen LogP contribution >= 0.6 is 0 Å². The summed E-state index contributed by atoms with van der Waals surface area (Å²) >= 11 is 0. The van der Waals surface area contributed by atoms with Gasteiger partial charge in [-0.05, 0) is 0 Å². The monoisotopic (exact) mass is 202 g/mol. The van der Waals surface area contributed by atoms with Gasteiger partial charge in [0.05, 0.1) is 6.20 Å². The molecule has 0 saturated heterocycles. The number of hydrogen-bond acceptors (Lipinski definition) is 6. The minimum Gasteiger partial charge on any atom is -0.443 e. The van der Waals surface area contributed by atoms with Crippen molar-refractivity contribution in [3.63, 3.8) is 0 Å². The molecule has 0 fully saturated rings. The van der Waals surface area contributed by atoms with Crippen molar-refractivity contribution in [3.8, 4) is 11.6 Å². The van der Waals surface area contributed by atoms with Crippen molar-refractivity contribution in [2.45, 2.75) is 0 Å². The lowest BCUT2D eigenvalue weighted by atomic mass is 10.4. The van der Waals surface area contributed by atoms with Crippen molar-refractivity contribution in [3.05, 3.63) is 24.9 Å². The minimum absolute atomic E-state index is 0.248. The van der Waals surface area contributed by atoms with Gasteiger partial charge in [-0.15, -0.1) is 0 Å². The number of rotatable bonds is 1.